The van der Waals surface area contributed by atoms with Gasteiger partial charge >= 0.3 is 0 Å². The normalized spacial score (nSPS) is 29.3. The minimum absolute atomic E-state index is 0.0846. The van der Waals surface area contributed by atoms with E-state index in [0.29, 0.717) is 16.0 Å². The van der Waals surface area contributed by atoms with Gasteiger partial charge in [-0.1, -0.05) is 23.2 Å². The van der Waals surface area contributed by atoms with E-state index in [1.165, 1.54) is 0 Å². The zero-order valence-electron chi connectivity index (χ0n) is 12.8. The number of benzene rings is 1. The molecule has 3 rings (SSSR count). The highest BCUT2D eigenvalue weighted by Gasteiger charge is 2.46. The Hall–Kier alpha value is -0.770. The molecule has 4 atom stereocenters. The largest absolute Gasteiger partial charge is 0.342 e. The first-order valence-corrected chi connectivity index (χ1v) is 8.71. The summed E-state index contributed by atoms with van der Waals surface area (Å²) in [5, 5.41) is 1.27. The molecular formula is C17H22Cl2N2O. The Balaban J connectivity index is 1.65. The zero-order valence-corrected chi connectivity index (χ0v) is 14.3. The molecule has 1 saturated carbocycles. The van der Waals surface area contributed by atoms with Crippen molar-refractivity contribution in [2.75, 3.05) is 13.1 Å². The number of likely N-dealkylation sites (tertiary alicyclic amines) is 1. The molecule has 0 bridgehead atoms. The van der Waals surface area contributed by atoms with E-state index in [2.05, 4.69) is 0 Å². The molecule has 2 aliphatic rings. The lowest BCUT2D eigenvalue weighted by molar-refractivity contribution is -0.134. The fourth-order valence-electron chi connectivity index (χ4n) is 3.50. The molecule has 22 heavy (non-hydrogen) atoms. The third-order valence-electron chi connectivity index (χ3n) is 4.93. The summed E-state index contributed by atoms with van der Waals surface area (Å²) in [6, 6.07) is 5.72. The first-order chi connectivity index (χ1) is 10.5. The molecule has 1 saturated heterocycles. The quantitative estimate of drug-likeness (QED) is 0.912. The Morgan fingerprint density at radius 1 is 1.32 bits per heavy atom. The summed E-state index contributed by atoms with van der Waals surface area (Å²) in [6.45, 7) is 3.70. The average Bonchev–Trinajstić information content (AvgIpc) is 3.26. The van der Waals surface area contributed by atoms with Gasteiger partial charge in [0, 0.05) is 35.1 Å². The zero-order chi connectivity index (χ0) is 15.9. The van der Waals surface area contributed by atoms with Crippen molar-refractivity contribution in [2.45, 2.75) is 38.1 Å². The number of rotatable bonds is 3. The Morgan fingerprint density at radius 3 is 2.64 bits per heavy atom. The monoisotopic (exact) mass is 340 g/mol. The van der Waals surface area contributed by atoms with Crippen molar-refractivity contribution in [3.8, 4) is 0 Å². The SMILES string of the molecule is C[C@H](N)[C@@H]1CCCN(C(=O)[C@H]2C[C@@H]2c2cc(Cl)cc(Cl)c2)C1. The van der Waals surface area contributed by atoms with Crippen LogP contribution in [0.15, 0.2) is 18.2 Å². The van der Waals surface area contributed by atoms with Crippen molar-refractivity contribution in [1.29, 1.82) is 0 Å². The second-order valence-corrected chi connectivity index (χ2v) is 7.57. The second kappa shape index (κ2) is 6.38. The van der Waals surface area contributed by atoms with E-state index in [-0.39, 0.29) is 23.8 Å². The number of carbonyl (C=O) groups excluding carboxylic acids is 1. The molecule has 1 aliphatic heterocycles. The second-order valence-electron chi connectivity index (χ2n) is 6.70. The highest BCUT2D eigenvalue weighted by Crippen LogP contribution is 2.49. The van der Waals surface area contributed by atoms with Gasteiger partial charge in [0.15, 0.2) is 0 Å². The van der Waals surface area contributed by atoms with Crippen molar-refractivity contribution in [3.05, 3.63) is 33.8 Å². The van der Waals surface area contributed by atoms with Crippen LogP contribution in [-0.4, -0.2) is 29.9 Å². The van der Waals surface area contributed by atoms with Gasteiger partial charge in [-0.25, -0.2) is 0 Å². The maximum absolute atomic E-state index is 12.7. The molecule has 0 spiro atoms. The summed E-state index contributed by atoms with van der Waals surface area (Å²) in [5.41, 5.74) is 7.09. The molecule has 0 unspecified atom stereocenters. The van der Waals surface area contributed by atoms with Gasteiger partial charge in [-0.05, 0) is 61.8 Å². The number of nitrogens with two attached hydrogens (primary N) is 1. The fraction of sp³-hybridized carbons (Fsp3) is 0.588. The van der Waals surface area contributed by atoms with Gasteiger partial charge in [0.2, 0.25) is 5.91 Å². The van der Waals surface area contributed by atoms with E-state index in [4.69, 9.17) is 28.9 Å². The van der Waals surface area contributed by atoms with Crippen molar-refractivity contribution in [2.24, 2.45) is 17.6 Å². The molecule has 1 aliphatic carbocycles. The maximum Gasteiger partial charge on any atom is 0.226 e. The van der Waals surface area contributed by atoms with E-state index in [0.717, 1.165) is 37.9 Å². The number of nitrogens with zero attached hydrogens (tertiary/aromatic N) is 1. The van der Waals surface area contributed by atoms with Crippen LogP contribution in [0.25, 0.3) is 0 Å². The van der Waals surface area contributed by atoms with Crippen LogP contribution in [0.2, 0.25) is 10.0 Å². The van der Waals surface area contributed by atoms with E-state index in [1.807, 2.05) is 24.0 Å². The van der Waals surface area contributed by atoms with Gasteiger partial charge < -0.3 is 10.6 Å². The molecule has 3 nitrogen and oxygen atoms in total. The van der Waals surface area contributed by atoms with E-state index >= 15 is 0 Å². The van der Waals surface area contributed by atoms with Crippen LogP contribution < -0.4 is 5.73 Å². The number of piperidine rings is 1. The minimum atomic E-state index is 0.0846. The highest BCUT2D eigenvalue weighted by atomic mass is 35.5. The van der Waals surface area contributed by atoms with Crippen LogP contribution in [-0.2, 0) is 4.79 Å². The Morgan fingerprint density at radius 2 is 2.00 bits per heavy atom. The molecule has 1 aromatic rings. The van der Waals surface area contributed by atoms with Crippen LogP contribution in [0.3, 0.4) is 0 Å². The standard InChI is InChI=1S/C17H22Cl2N2O/c1-10(20)11-3-2-4-21(9-11)17(22)16-8-15(16)12-5-13(18)7-14(19)6-12/h5-7,10-11,15-16H,2-4,8-9,20H2,1H3/t10-,11+,15+,16-/m0/s1. The molecule has 5 heteroatoms. The van der Waals surface area contributed by atoms with Gasteiger partial charge in [0.05, 0.1) is 0 Å². The molecule has 0 radical (unpaired) electrons. The topological polar surface area (TPSA) is 46.3 Å². The lowest BCUT2D eigenvalue weighted by Crippen LogP contribution is -2.45. The third-order valence-corrected chi connectivity index (χ3v) is 5.37. The summed E-state index contributed by atoms with van der Waals surface area (Å²) in [7, 11) is 0. The summed E-state index contributed by atoms with van der Waals surface area (Å²) in [5.74, 6) is 1.04. The van der Waals surface area contributed by atoms with Crippen LogP contribution >= 0.6 is 23.2 Å². The van der Waals surface area contributed by atoms with E-state index < -0.39 is 0 Å². The number of hydrogen-bond donors (Lipinski definition) is 1. The van der Waals surface area contributed by atoms with Gasteiger partial charge in [0.25, 0.3) is 0 Å². The van der Waals surface area contributed by atoms with E-state index in [9.17, 15) is 4.79 Å². The summed E-state index contributed by atoms with van der Waals surface area (Å²) in [4.78, 5) is 14.7. The first-order valence-electron chi connectivity index (χ1n) is 7.96. The smallest absolute Gasteiger partial charge is 0.226 e. The average molecular weight is 341 g/mol. The maximum atomic E-state index is 12.7. The number of hydrogen-bond acceptors (Lipinski definition) is 2. The van der Waals surface area contributed by atoms with Crippen molar-refractivity contribution in [3.63, 3.8) is 0 Å². The molecule has 1 heterocycles. The Kier molecular flexibility index (Phi) is 4.67. The first kappa shape index (κ1) is 16.1. The molecule has 2 N–H and O–H groups in total. The predicted octanol–water partition coefficient (Wildman–Crippen LogP) is 3.68. The Bertz CT molecular complexity index is 556. The number of carbonyl (C=O) groups is 1. The predicted molar refractivity (Wildman–Crippen MR) is 90.3 cm³/mol. The minimum Gasteiger partial charge on any atom is -0.342 e. The summed E-state index contributed by atoms with van der Waals surface area (Å²) < 4.78 is 0. The van der Waals surface area contributed by atoms with Crippen LogP contribution in [0, 0.1) is 11.8 Å². The lowest BCUT2D eigenvalue weighted by Gasteiger charge is -2.34. The Labute approximate surface area is 141 Å². The van der Waals surface area contributed by atoms with Gasteiger partial charge in [-0.2, -0.15) is 0 Å². The highest BCUT2D eigenvalue weighted by molar-refractivity contribution is 6.34. The van der Waals surface area contributed by atoms with Gasteiger partial charge in [-0.15, -0.1) is 0 Å². The van der Waals surface area contributed by atoms with Gasteiger partial charge in [-0.3, -0.25) is 4.79 Å². The lowest BCUT2D eigenvalue weighted by atomic mass is 9.92. The van der Waals surface area contributed by atoms with Crippen LogP contribution in [0.5, 0.6) is 0 Å². The summed E-state index contributed by atoms with van der Waals surface area (Å²) in [6.07, 6.45) is 3.08. The third kappa shape index (κ3) is 3.42. The van der Waals surface area contributed by atoms with Gasteiger partial charge in [0.1, 0.15) is 0 Å². The van der Waals surface area contributed by atoms with E-state index in [1.54, 1.807) is 6.07 Å². The molecular weight excluding hydrogens is 319 g/mol. The van der Waals surface area contributed by atoms with Crippen LogP contribution in [0.4, 0.5) is 0 Å². The number of halogens is 2. The summed E-state index contributed by atoms with van der Waals surface area (Å²) >= 11 is 12.1. The molecule has 120 valence electrons. The molecule has 1 amide bonds. The van der Waals surface area contributed by atoms with Crippen molar-refractivity contribution < 1.29 is 4.79 Å². The molecule has 0 aromatic heterocycles. The number of amides is 1. The van der Waals surface area contributed by atoms with Crippen molar-refractivity contribution in [1.82, 2.24) is 4.90 Å². The van der Waals surface area contributed by atoms with Crippen molar-refractivity contribution >= 4 is 29.1 Å². The fourth-order valence-corrected chi connectivity index (χ4v) is 4.04. The molecule has 2 fully saturated rings. The molecule has 1 aromatic carbocycles. The van der Waals surface area contributed by atoms with Crippen LogP contribution in [0.1, 0.15) is 37.7 Å².